The molecule has 1 N–H and O–H groups in total. The Labute approximate surface area is 199 Å². The van der Waals surface area contributed by atoms with E-state index in [1.165, 1.54) is 11.0 Å². The molecule has 180 valence electrons. The molecule has 0 bridgehead atoms. The molecular weight excluding hydrogens is 435 g/mol. The zero-order chi connectivity index (χ0) is 24.4. The molecule has 2 aromatic rings. The van der Waals surface area contributed by atoms with Crippen LogP contribution in [0.2, 0.25) is 0 Å². The third-order valence-corrected chi connectivity index (χ3v) is 6.68. The summed E-state index contributed by atoms with van der Waals surface area (Å²) in [5.74, 6) is -1.58. The van der Waals surface area contributed by atoms with E-state index in [0.29, 0.717) is 18.4 Å². The summed E-state index contributed by atoms with van der Waals surface area (Å²) in [4.78, 5) is 29.8. The predicted molar refractivity (Wildman–Crippen MR) is 128 cm³/mol. The van der Waals surface area contributed by atoms with Crippen LogP contribution in [-0.4, -0.2) is 58.9 Å². The molecule has 0 spiro atoms. The Morgan fingerprint density at radius 2 is 1.91 bits per heavy atom. The van der Waals surface area contributed by atoms with Gasteiger partial charge in [0.1, 0.15) is 23.4 Å². The minimum Gasteiger partial charge on any atom is -0.507 e. The van der Waals surface area contributed by atoms with E-state index < -0.39 is 23.5 Å². The number of Topliss-reactive ketones (excluding diaryl/α,β-unsaturated/α-hetero) is 1. The van der Waals surface area contributed by atoms with E-state index in [1.807, 2.05) is 6.92 Å². The van der Waals surface area contributed by atoms with E-state index in [9.17, 15) is 19.1 Å². The first kappa shape index (κ1) is 24.0. The van der Waals surface area contributed by atoms with Crippen LogP contribution in [0.4, 0.5) is 4.39 Å². The summed E-state index contributed by atoms with van der Waals surface area (Å²) in [6.45, 7) is 8.89. The molecule has 7 heteroatoms. The summed E-state index contributed by atoms with van der Waals surface area (Å²) in [5, 5.41) is 11.2. The Morgan fingerprint density at radius 1 is 1.18 bits per heavy atom. The summed E-state index contributed by atoms with van der Waals surface area (Å²) >= 11 is 0. The van der Waals surface area contributed by atoms with Gasteiger partial charge in [0.2, 0.25) is 0 Å². The van der Waals surface area contributed by atoms with E-state index in [2.05, 4.69) is 18.7 Å². The maximum Gasteiger partial charge on any atom is 0.295 e. The van der Waals surface area contributed by atoms with Gasteiger partial charge in [0, 0.05) is 24.1 Å². The third-order valence-electron chi connectivity index (χ3n) is 6.68. The molecule has 0 aliphatic carbocycles. The Bertz CT molecular complexity index is 1130. The highest BCUT2D eigenvalue weighted by molar-refractivity contribution is 6.46. The van der Waals surface area contributed by atoms with Crippen LogP contribution in [0, 0.1) is 5.82 Å². The van der Waals surface area contributed by atoms with Crippen LogP contribution in [0.5, 0.6) is 5.75 Å². The molecule has 2 aliphatic rings. The first-order chi connectivity index (χ1) is 16.3. The monoisotopic (exact) mass is 466 g/mol. The number of ketones is 1. The summed E-state index contributed by atoms with van der Waals surface area (Å²) in [6, 6.07) is 10.3. The van der Waals surface area contributed by atoms with Crippen LogP contribution in [0.3, 0.4) is 0 Å². The van der Waals surface area contributed by atoms with Gasteiger partial charge in [-0.15, -0.1) is 0 Å². The van der Waals surface area contributed by atoms with Crippen molar-refractivity contribution < 1.29 is 23.8 Å². The van der Waals surface area contributed by atoms with Gasteiger partial charge < -0.3 is 19.6 Å². The van der Waals surface area contributed by atoms with Gasteiger partial charge in [-0.25, -0.2) is 4.39 Å². The SMILES string of the molecule is CCN(CC)CCCN1C(=O)C(=O)/C(=C(/O)c2ccc3c(c2)C[C@@H](C)O3)[C@H]1c1ccccc1F. The smallest absolute Gasteiger partial charge is 0.295 e. The number of nitrogens with zero attached hydrogens (tertiary/aromatic N) is 2. The molecule has 2 heterocycles. The normalized spacial score (nSPS) is 21.3. The second kappa shape index (κ2) is 9.97. The number of ether oxygens (including phenoxy) is 1. The number of carbonyl (C=O) groups is 2. The molecule has 2 aromatic carbocycles. The zero-order valence-electron chi connectivity index (χ0n) is 19.9. The van der Waals surface area contributed by atoms with Crippen LogP contribution >= 0.6 is 0 Å². The lowest BCUT2D eigenvalue weighted by atomic mass is 9.94. The van der Waals surface area contributed by atoms with Gasteiger partial charge in [0.25, 0.3) is 11.7 Å². The van der Waals surface area contributed by atoms with Crippen molar-refractivity contribution in [3.8, 4) is 5.75 Å². The molecule has 0 unspecified atom stereocenters. The molecule has 0 aromatic heterocycles. The van der Waals surface area contributed by atoms with E-state index >= 15 is 0 Å². The van der Waals surface area contributed by atoms with Crippen molar-refractivity contribution in [2.24, 2.45) is 0 Å². The third kappa shape index (κ3) is 4.44. The summed E-state index contributed by atoms with van der Waals surface area (Å²) in [6.07, 6.45) is 1.35. The highest BCUT2D eigenvalue weighted by atomic mass is 19.1. The van der Waals surface area contributed by atoms with E-state index in [-0.39, 0.29) is 29.5 Å². The van der Waals surface area contributed by atoms with Crippen LogP contribution in [0.15, 0.2) is 48.0 Å². The van der Waals surface area contributed by atoms with Crippen molar-refractivity contribution in [1.82, 2.24) is 9.80 Å². The second-order valence-corrected chi connectivity index (χ2v) is 8.85. The van der Waals surface area contributed by atoms with Crippen LogP contribution in [0.1, 0.15) is 49.9 Å². The van der Waals surface area contributed by atoms with Gasteiger partial charge in [0.05, 0.1) is 11.6 Å². The van der Waals surface area contributed by atoms with Gasteiger partial charge >= 0.3 is 0 Å². The Balaban J connectivity index is 1.74. The number of fused-ring (bicyclic) bond motifs is 1. The molecule has 1 fully saturated rings. The minimum atomic E-state index is -0.985. The molecular formula is C27H31FN2O4. The van der Waals surface area contributed by atoms with E-state index in [4.69, 9.17) is 4.74 Å². The predicted octanol–water partition coefficient (Wildman–Crippen LogP) is 4.30. The number of carbonyl (C=O) groups excluding carboxylic acids is 2. The van der Waals surface area contributed by atoms with Crippen LogP contribution in [-0.2, 0) is 16.0 Å². The molecule has 4 rings (SSSR count). The van der Waals surface area contributed by atoms with Crippen molar-refractivity contribution in [3.05, 3.63) is 70.5 Å². The molecule has 0 radical (unpaired) electrons. The number of halogens is 1. The Morgan fingerprint density at radius 3 is 2.62 bits per heavy atom. The highest BCUT2D eigenvalue weighted by Crippen LogP contribution is 2.41. The maximum atomic E-state index is 14.9. The summed E-state index contributed by atoms with van der Waals surface area (Å²) < 4.78 is 20.6. The van der Waals surface area contributed by atoms with Gasteiger partial charge in [-0.3, -0.25) is 9.59 Å². The minimum absolute atomic E-state index is 0.0298. The van der Waals surface area contributed by atoms with Crippen molar-refractivity contribution in [2.45, 2.75) is 45.8 Å². The van der Waals surface area contributed by atoms with Crippen molar-refractivity contribution >= 4 is 17.4 Å². The fraction of sp³-hybridized carbons (Fsp3) is 0.407. The Hall–Kier alpha value is -3.19. The average molecular weight is 467 g/mol. The molecule has 1 amide bonds. The van der Waals surface area contributed by atoms with Crippen molar-refractivity contribution in [2.75, 3.05) is 26.2 Å². The number of rotatable bonds is 8. The lowest BCUT2D eigenvalue weighted by molar-refractivity contribution is -0.140. The fourth-order valence-corrected chi connectivity index (χ4v) is 4.86. The molecule has 34 heavy (non-hydrogen) atoms. The largest absolute Gasteiger partial charge is 0.507 e. The van der Waals surface area contributed by atoms with Gasteiger partial charge in [0.15, 0.2) is 0 Å². The lowest BCUT2D eigenvalue weighted by Crippen LogP contribution is -2.33. The second-order valence-electron chi connectivity index (χ2n) is 8.85. The Kier molecular flexibility index (Phi) is 7.03. The molecule has 1 saturated heterocycles. The van der Waals surface area contributed by atoms with E-state index in [1.54, 1.807) is 36.4 Å². The first-order valence-corrected chi connectivity index (χ1v) is 11.9. The van der Waals surface area contributed by atoms with E-state index in [0.717, 1.165) is 30.9 Å². The standard InChI is InChI=1S/C27H31FN2O4/c1-4-29(5-2)13-8-14-30-24(20-9-6-7-10-21(20)28)23(26(32)27(30)33)25(31)18-11-12-22-19(16-18)15-17(3)34-22/h6-7,9-12,16-17,24,31H,4-5,8,13-15H2,1-3H3/b25-23+/t17-,24-/m1/s1. The quantitative estimate of drug-likeness (QED) is 0.357. The van der Waals surface area contributed by atoms with Crippen molar-refractivity contribution in [3.63, 3.8) is 0 Å². The van der Waals surface area contributed by atoms with Gasteiger partial charge in [-0.2, -0.15) is 0 Å². The average Bonchev–Trinajstić information content (AvgIpc) is 3.32. The lowest BCUT2D eigenvalue weighted by Gasteiger charge is -2.27. The van der Waals surface area contributed by atoms with Crippen molar-refractivity contribution in [1.29, 1.82) is 0 Å². The fourth-order valence-electron chi connectivity index (χ4n) is 4.86. The van der Waals surface area contributed by atoms with Crippen LogP contribution in [0.25, 0.3) is 5.76 Å². The number of amides is 1. The summed E-state index contributed by atoms with van der Waals surface area (Å²) in [7, 11) is 0. The topological polar surface area (TPSA) is 70.1 Å². The maximum absolute atomic E-state index is 14.9. The molecule has 6 nitrogen and oxygen atoms in total. The van der Waals surface area contributed by atoms with Gasteiger partial charge in [-0.1, -0.05) is 32.0 Å². The number of hydrogen-bond donors (Lipinski definition) is 1. The molecule has 0 saturated carbocycles. The number of aliphatic hydroxyl groups excluding tert-OH is 1. The summed E-state index contributed by atoms with van der Waals surface area (Å²) in [5.41, 5.74) is 1.46. The number of hydrogen-bond acceptors (Lipinski definition) is 5. The molecule has 2 atom stereocenters. The number of aliphatic hydroxyl groups is 1. The first-order valence-electron chi connectivity index (χ1n) is 11.9. The number of likely N-dealkylation sites (tertiary alicyclic amines) is 1. The zero-order valence-corrected chi connectivity index (χ0v) is 19.9. The molecule has 2 aliphatic heterocycles. The van der Waals surface area contributed by atoms with Crippen LogP contribution < -0.4 is 4.74 Å². The van der Waals surface area contributed by atoms with Gasteiger partial charge in [-0.05, 0) is 62.8 Å². The number of benzene rings is 2. The highest BCUT2D eigenvalue weighted by Gasteiger charge is 2.46.